The average Bonchev–Trinajstić information content (AvgIpc) is 2.16. The lowest BCUT2D eigenvalue weighted by molar-refractivity contribution is -0.0300. The van der Waals surface area contributed by atoms with Crippen LogP contribution in [0.2, 0.25) is 0 Å². The SMILES string of the molecule is Cc1cc(F)ccc1C(O)C1(CN)CCC1. The van der Waals surface area contributed by atoms with Crippen LogP contribution in [-0.2, 0) is 0 Å². The summed E-state index contributed by atoms with van der Waals surface area (Å²) in [6.45, 7) is 2.31. The first kappa shape index (κ1) is 11.6. The molecule has 0 aliphatic heterocycles. The van der Waals surface area contributed by atoms with Crippen molar-refractivity contribution in [3.63, 3.8) is 0 Å². The van der Waals surface area contributed by atoms with Crippen LogP contribution in [0.1, 0.15) is 36.5 Å². The van der Waals surface area contributed by atoms with Crippen LogP contribution in [0.4, 0.5) is 4.39 Å². The quantitative estimate of drug-likeness (QED) is 0.826. The van der Waals surface area contributed by atoms with Crippen molar-refractivity contribution < 1.29 is 9.50 Å². The van der Waals surface area contributed by atoms with Gasteiger partial charge in [0.05, 0.1) is 6.10 Å². The van der Waals surface area contributed by atoms with Crippen LogP contribution in [0.3, 0.4) is 0 Å². The molecular formula is C13H18FNO. The number of hydrogen-bond donors (Lipinski definition) is 2. The first-order valence-electron chi connectivity index (χ1n) is 5.73. The van der Waals surface area contributed by atoms with Crippen LogP contribution in [-0.4, -0.2) is 11.7 Å². The lowest BCUT2D eigenvalue weighted by atomic mass is 9.63. The van der Waals surface area contributed by atoms with Crippen molar-refractivity contribution in [2.75, 3.05) is 6.54 Å². The third kappa shape index (κ3) is 1.74. The molecule has 1 aromatic rings. The first-order chi connectivity index (χ1) is 7.59. The second-order valence-corrected chi connectivity index (χ2v) is 4.82. The van der Waals surface area contributed by atoms with Crippen molar-refractivity contribution >= 4 is 0 Å². The summed E-state index contributed by atoms with van der Waals surface area (Å²) in [6.07, 6.45) is 2.48. The van der Waals surface area contributed by atoms with E-state index in [2.05, 4.69) is 0 Å². The second-order valence-electron chi connectivity index (χ2n) is 4.82. The first-order valence-corrected chi connectivity index (χ1v) is 5.73. The van der Waals surface area contributed by atoms with Crippen LogP contribution in [0.25, 0.3) is 0 Å². The molecule has 0 aromatic heterocycles. The molecule has 3 N–H and O–H groups in total. The Kier molecular flexibility index (Phi) is 3.00. The maximum atomic E-state index is 13.0. The van der Waals surface area contributed by atoms with Crippen molar-refractivity contribution in [3.8, 4) is 0 Å². The van der Waals surface area contributed by atoms with E-state index in [4.69, 9.17) is 5.73 Å². The van der Waals surface area contributed by atoms with Crippen LogP contribution >= 0.6 is 0 Å². The van der Waals surface area contributed by atoms with E-state index >= 15 is 0 Å². The van der Waals surface area contributed by atoms with Gasteiger partial charge in [0.25, 0.3) is 0 Å². The van der Waals surface area contributed by atoms with Crippen LogP contribution in [0.15, 0.2) is 18.2 Å². The second kappa shape index (κ2) is 4.15. The van der Waals surface area contributed by atoms with E-state index in [-0.39, 0.29) is 11.2 Å². The fourth-order valence-corrected chi connectivity index (χ4v) is 2.50. The predicted molar refractivity (Wildman–Crippen MR) is 61.4 cm³/mol. The van der Waals surface area contributed by atoms with Gasteiger partial charge in [-0.25, -0.2) is 4.39 Å². The molecule has 0 amide bonds. The van der Waals surface area contributed by atoms with Crippen LogP contribution in [0.5, 0.6) is 0 Å². The maximum Gasteiger partial charge on any atom is 0.123 e. The lowest BCUT2D eigenvalue weighted by Crippen LogP contribution is -2.42. The Balaban J connectivity index is 2.29. The Morgan fingerprint density at radius 1 is 1.50 bits per heavy atom. The van der Waals surface area contributed by atoms with Gasteiger partial charge in [-0.05, 0) is 43.0 Å². The molecule has 88 valence electrons. The van der Waals surface area contributed by atoms with E-state index in [1.807, 2.05) is 6.92 Å². The van der Waals surface area contributed by atoms with Crippen LogP contribution < -0.4 is 5.73 Å². The summed E-state index contributed by atoms with van der Waals surface area (Å²) in [5, 5.41) is 10.4. The Hall–Kier alpha value is -0.930. The summed E-state index contributed by atoms with van der Waals surface area (Å²) in [5.41, 5.74) is 7.18. The summed E-state index contributed by atoms with van der Waals surface area (Å²) in [6, 6.07) is 4.53. The molecule has 2 nitrogen and oxygen atoms in total. The molecule has 1 fully saturated rings. The Bertz CT molecular complexity index is 382. The topological polar surface area (TPSA) is 46.2 Å². The number of aliphatic hydroxyl groups is 1. The molecule has 2 rings (SSSR count). The molecule has 0 spiro atoms. The van der Waals surface area contributed by atoms with Crippen molar-refractivity contribution in [1.29, 1.82) is 0 Å². The van der Waals surface area contributed by atoms with Gasteiger partial charge >= 0.3 is 0 Å². The van der Waals surface area contributed by atoms with Gasteiger partial charge in [-0.1, -0.05) is 12.5 Å². The number of halogens is 1. The highest BCUT2D eigenvalue weighted by Crippen LogP contribution is 2.49. The zero-order valence-corrected chi connectivity index (χ0v) is 9.54. The van der Waals surface area contributed by atoms with E-state index in [0.717, 1.165) is 30.4 Å². The third-order valence-electron chi connectivity index (χ3n) is 3.86. The van der Waals surface area contributed by atoms with Gasteiger partial charge in [0, 0.05) is 12.0 Å². The zero-order valence-electron chi connectivity index (χ0n) is 9.54. The van der Waals surface area contributed by atoms with E-state index in [9.17, 15) is 9.50 Å². The molecule has 1 unspecified atom stereocenters. The van der Waals surface area contributed by atoms with E-state index in [1.165, 1.54) is 12.1 Å². The molecule has 0 radical (unpaired) electrons. The van der Waals surface area contributed by atoms with Crippen molar-refractivity contribution in [2.45, 2.75) is 32.3 Å². The minimum Gasteiger partial charge on any atom is -0.388 e. The Morgan fingerprint density at radius 2 is 2.19 bits per heavy atom. The molecule has 0 heterocycles. The number of rotatable bonds is 3. The van der Waals surface area contributed by atoms with Gasteiger partial charge in [0.2, 0.25) is 0 Å². The molecule has 16 heavy (non-hydrogen) atoms. The predicted octanol–water partition coefficient (Wildman–Crippen LogP) is 2.30. The maximum absolute atomic E-state index is 13.0. The van der Waals surface area contributed by atoms with E-state index < -0.39 is 6.10 Å². The fourth-order valence-electron chi connectivity index (χ4n) is 2.50. The van der Waals surface area contributed by atoms with Gasteiger partial charge in [-0.3, -0.25) is 0 Å². The standard InChI is InChI=1S/C13H18FNO/c1-9-7-10(14)3-4-11(9)12(16)13(8-15)5-2-6-13/h3-4,7,12,16H,2,5-6,8,15H2,1H3. The smallest absolute Gasteiger partial charge is 0.123 e. The normalized spacial score (nSPS) is 20.2. The molecule has 0 bridgehead atoms. The molecule has 0 saturated heterocycles. The van der Waals surface area contributed by atoms with E-state index in [1.54, 1.807) is 6.07 Å². The zero-order chi connectivity index (χ0) is 11.8. The average molecular weight is 223 g/mol. The highest BCUT2D eigenvalue weighted by molar-refractivity contribution is 5.30. The summed E-state index contributed by atoms with van der Waals surface area (Å²) >= 11 is 0. The molecule has 3 heteroatoms. The fraction of sp³-hybridized carbons (Fsp3) is 0.538. The highest BCUT2D eigenvalue weighted by atomic mass is 19.1. The Morgan fingerprint density at radius 3 is 2.62 bits per heavy atom. The summed E-state index contributed by atoms with van der Waals surface area (Å²) in [5.74, 6) is -0.260. The molecule has 1 aliphatic carbocycles. The monoisotopic (exact) mass is 223 g/mol. The third-order valence-corrected chi connectivity index (χ3v) is 3.86. The largest absolute Gasteiger partial charge is 0.388 e. The number of benzene rings is 1. The molecule has 1 aliphatic rings. The van der Waals surface area contributed by atoms with Crippen molar-refractivity contribution in [2.24, 2.45) is 11.1 Å². The van der Waals surface area contributed by atoms with E-state index in [0.29, 0.717) is 6.54 Å². The number of aliphatic hydroxyl groups excluding tert-OH is 1. The Labute approximate surface area is 95.3 Å². The van der Waals surface area contributed by atoms with Crippen molar-refractivity contribution in [3.05, 3.63) is 35.1 Å². The van der Waals surface area contributed by atoms with Gasteiger partial charge in [0.1, 0.15) is 5.82 Å². The number of aryl methyl sites for hydroxylation is 1. The lowest BCUT2D eigenvalue weighted by Gasteiger charge is -2.45. The van der Waals surface area contributed by atoms with Crippen LogP contribution in [0, 0.1) is 18.2 Å². The molecule has 1 atom stereocenters. The molecule has 1 aromatic carbocycles. The number of hydrogen-bond acceptors (Lipinski definition) is 2. The summed E-state index contributed by atoms with van der Waals surface area (Å²) < 4.78 is 13.0. The summed E-state index contributed by atoms with van der Waals surface area (Å²) in [7, 11) is 0. The molecular weight excluding hydrogens is 205 g/mol. The minimum atomic E-state index is -0.563. The summed E-state index contributed by atoms with van der Waals surface area (Å²) in [4.78, 5) is 0. The van der Waals surface area contributed by atoms with Gasteiger partial charge in [0.15, 0.2) is 0 Å². The van der Waals surface area contributed by atoms with Gasteiger partial charge in [-0.15, -0.1) is 0 Å². The number of nitrogens with two attached hydrogens (primary N) is 1. The van der Waals surface area contributed by atoms with Crippen molar-refractivity contribution in [1.82, 2.24) is 0 Å². The molecule has 1 saturated carbocycles. The van der Waals surface area contributed by atoms with Gasteiger partial charge in [-0.2, -0.15) is 0 Å². The highest BCUT2D eigenvalue weighted by Gasteiger charge is 2.43. The van der Waals surface area contributed by atoms with Gasteiger partial charge < -0.3 is 10.8 Å². The minimum absolute atomic E-state index is 0.178.